The van der Waals surface area contributed by atoms with Gasteiger partial charge in [0.05, 0.1) is 26.0 Å². The summed E-state index contributed by atoms with van der Waals surface area (Å²) in [4.78, 5) is 15.2. The van der Waals surface area contributed by atoms with Gasteiger partial charge < -0.3 is 14.5 Å². The minimum absolute atomic E-state index is 0.0324. The van der Waals surface area contributed by atoms with Crippen molar-refractivity contribution in [1.82, 2.24) is 4.90 Å². The Morgan fingerprint density at radius 3 is 2.71 bits per heavy atom. The first-order chi connectivity index (χ1) is 13.7. The van der Waals surface area contributed by atoms with Crippen LogP contribution >= 0.6 is 0 Å². The smallest absolute Gasteiger partial charge is 0.241 e. The van der Waals surface area contributed by atoms with Crippen molar-refractivity contribution < 1.29 is 13.9 Å². The van der Waals surface area contributed by atoms with E-state index in [1.165, 1.54) is 0 Å². The third-order valence-corrected chi connectivity index (χ3v) is 5.19. The lowest BCUT2D eigenvalue weighted by molar-refractivity contribution is -0.120. The van der Waals surface area contributed by atoms with E-state index in [0.29, 0.717) is 6.54 Å². The summed E-state index contributed by atoms with van der Waals surface area (Å²) in [5.41, 5.74) is 2.85. The molecule has 1 unspecified atom stereocenters. The summed E-state index contributed by atoms with van der Waals surface area (Å²) >= 11 is 0. The summed E-state index contributed by atoms with van der Waals surface area (Å²) in [6.45, 7) is 1.56. The van der Waals surface area contributed by atoms with Gasteiger partial charge in [-0.1, -0.05) is 30.3 Å². The van der Waals surface area contributed by atoms with Crippen LogP contribution in [0.4, 0.5) is 5.69 Å². The van der Waals surface area contributed by atoms with E-state index in [2.05, 4.69) is 10.2 Å². The number of amides is 1. The van der Waals surface area contributed by atoms with Crippen LogP contribution in [0.2, 0.25) is 0 Å². The number of hydrogen-bond acceptors (Lipinski definition) is 4. The van der Waals surface area contributed by atoms with Gasteiger partial charge in [0.15, 0.2) is 0 Å². The maximum atomic E-state index is 13.0. The lowest BCUT2D eigenvalue weighted by atomic mass is 10.0. The molecule has 1 aliphatic heterocycles. The lowest BCUT2D eigenvalue weighted by Gasteiger charge is -2.23. The van der Waals surface area contributed by atoms with Crippen LogP contribution in [0, 0.1) is 0 Å². The summed E-state index contributed by atoms with van der Waals surface area (Å²) in [6.07, 6.45) is 3.54. The van der Waals surface area contributed by atoms with Crippen LogP contribution in [0.1, 0.15) is 18.6 Å². The van der Waals surface area contributed by atoms with E-state index in [1.54, 1.807) is 13.4 Å². The van der Waals surface area contributed by atoms with E-state index >= 15 is 0 Å². The summed E-state index contributed by atoms with van der Waals surface area (Å²) < 4.78 is 10.7. The first-order valence-corrected chi connectivity index (χ1v) is 9.55. The van der Waals surface area contributed by atoms with Crippen LogP contribution in [0.25, 0.3) is 11.1 Å². The Morgan fingerprint density at radius 2 is 1.96 bits per heavy atom. The molecule has 1 N–H and O–H groups in total. The summed E-state index contributed by atoms with van der Waals surface area (Å²) in [5.74, 6) is 1.73. The number of para-hydroxylation sites is 1. The van der Waals surface area contributed by atoms with Crippen molar-refractivity contribution in [3.8, 4) is 16.9 Å². The summed E-state index contributed by atoms with van der Waals surface area (Å²) in [6, 6.07) is 19.4. The van der Waals surface area contributed by atoms with E-state index in [-0.39, 0.29) is 11.9 Å². The molecule has 1 aromatic heterocycles. The molecular formula is C23H24N2O3. The second-order valence-electron chi connectivity index (χ2n) is 6.97. The Labute approximate surface area is 164 Å². The number of carbonyl (C=O) groups is 1. The molecule has 1 atom stereocenters. The monoisotopic (exact) mass is 376 g/mol. The molecule has 5 heteroatoms. The van der Waals surface area contributed by atoms with Gasteiger partial charge >= 0.3 is 0 Å². The molecule has 1 aliphatic rings. The van der Waals surface area contributed by atoms with Gasteiger partial charge in [-0.3, -0.25) is 9.69 Å². The molecule has 5 nitrogen and oxygen atoms in total. The second-order valence-corrected chi connectivity index (χ2v) is 6.97. The number of benzene rings is 2. The third kappa shape index (κ3) is 3.94. The number of methoxy groups -OCH3 is 1. The first kappa shape index (κ1) is 18.3. The standard InChI is InChI=1S/C23H24N2O3/c1-27-18-12-10-17(11-13-18)20-7-2-3-8-21(20)24-23(26)22-9-4-14-25(22)16-19-6-5-15-28-19/h2-3,5-8,10-13,15,22H,4,9,14,16H2,1H3,(H,24,26). The highest BCUT2D eigenvalue weighted by Crippen LogP contribution is 2.30. The second kappa shape index (κ2) is 8.31. The van der Waals surface area contributed by atoms with Gasteiger partial charge in [-0.2, -0.15) is 0 Å². The van der Waals surface area contributed by atoms with Gasteiger partial charge in [-0.25, -0.2) is 0 Å². The molecule has 144 valence electrons. The normalized spacial score (nSPS) is 16.8. The van der Waals surface area contributed by atoms with Crippen LogP contribution in [-0.4, -0.2) is 30.5 Å². The van der Waals surface area contributed by atoms with Gasteiger partial charge in [-0.05, 0) is 55.3 Å². The van der Waals surface area contributed by atoms with Crippen LogP contribution in [0.15, 0.2) is 71.3 Å². The zero-order valence-corrected chi connectivity index (χ0v) is 15.9. The Hall–Kier alpha value is -3.05. The van der Waals surface area contributed by atoms with Crippen molar-refractivity contribution in [3.63, 3.8) is 0 Å². The Bertz CT molecular complexity index is 919. The fourth-order valence-electron chi connectivity index (χ4n) is 3.75. The average molecular weight is 376 g/mol. The summed E-state index contributed by atoms with van der Waals surface area (Å²) in [7, 11) is 1.65. The predicted molar refractivity (Wildman–Crippen MR) is 109 cm³/mol. The van der Waals surface area contributed by atoms with E-state index in [9.17, 15) is 4.79 Å². The van der Waals surface area contributed by atoms with Gasteiger partial charge in [-0.15, -0.1) is 0 Å². The van der Waals surface area contributed by atoms with Gasteiger partial charge in [0.1, 0.15) is 11.5 Å². The molecule has 1 fully saturated rings. The molecule has 28 heavy (non-hydrogen) atoms. The van der Waals surface area contributed by atoms with E-state index in [1.807, 2.05) is 60.7 Å². The molecule has 0 spiro atoms. The average Bonchev–Trinajstić information content (AvgIpc) is 3.41. The van der Waals surface area contributed by atoms with Gasteiger partial charge in [0.2, 0.25) is 5.91 Å². The molecule has 2 heterocycles. The Balaban J connectivity index is 1.51. The molecule has 1 amide bonds. The quantitative estimate of drug-likeness (QED) is 0.685. The van der Waals surface area contributed by atoms with E-state index < -0.39 is 0 Å². The number of rotatable bonds is 6. The number of nitrogens with zero attached hydrogens (tertiary/aromatic N) is 1. The number of nitrogens with one attached hydrogen (secondary N) is 1. The molecule has 0 bridgehead atoms. The highest BCUT2D eigenvalue weighted by molar-refractivity contribution is 5.98. The number of likely N-dealkylation sites (tertiary alicyclic amines) is 1. The van der Waals surface area contributed by atoms with Gasteiger partial charge in [0, 0.05) is 11.3 Å². The number of ether oxygens (including phenoxy) is 1. The lowest BCUT2D eigenvalue weighted by Crippen LogP contribution is -2.39. The maximum absolute atomic E-state index is 13.0. The van der Waals surface area contributed by atoms with Crippen LogP contribution in [0.3, 0.4) is 0 Å². The SMILES string of the molecule is COc1ccc(-c2ccccc2NC(=O)C2CCCN2Cc2ccco2)cc1. The molecule has 4 rings (SSSR count). The zero-order chi connectivity index (χ0) is 19.3. The molecular weight excluding hydrogens is 352 g/mol. The van der Waals surface area contributed by atoms with Crippen molar-refractivity contribution in [1.29, 1.82) is 0 Å². The highest BCUT2D eigenvalue weighted by atomic mass is 16.5. The van der Waals surface area contributed by atoms with Crippen molar-refractivity contribution in [2.45, 2.75) is 25.4 Å². The van der Waals surface area contributed by atoms with E-state index in [4.69, 9.17) is 9.15 Å². The highest BCUT2D eigenvalue weighted by Gasteiger charge is 2.31. The van der Waals surface area contributed by atoms with Crippen molar-refractivity contribution in [2.75, 3.05) is 19.0 Å². The molecule has 3 aromatic rings. The Morgan fingerprint density at radius 1 is 1.14 bits per heavy atom. The van der Waals surface area contributed by atoms with Crippen LogP contribution in [0.5, 0.6) is 5.75 Å². The Kier molecular flexibility index (Phi) is 5.44. The zero-order valence-electron chi connectivity index (χ0n) is 15.9. The van der Waals surface area contributed by atoms with Crippen molar-refractivity contribution in [3.05, 3.63) is 72.7 Å². The number of anilines is 1. The van der Waals surface area contributed by atoms with Crippen LogP contribution < -0.4 is 10.1 Å². The molecule has 0 radical (unpaired) electrons. The minimum atomic E-state index is -0.144. The van der Waals surface area contributed by atoms with E-state index in [0.717, 1.165) is 47.7 Å². The summed E-state index contributed by atoms with van der Waals surface area (Å²) in [5, 5.41) is 3.15. The number of carbonyl (C=O) groups excluding carboxylic acids is 1. The molecule has 1 saturated heterocycles. The topological polar surface area (TPSA) is 54.7 Å². The molecule has 2 aromatic carbocycles. The van der Waals surface area contributed by atoms with Gasteiger partial charge in [0.25, 0.3) is 0 Å². The van der Waals surface area contributed by atoms with Crippen molar-refractivity contribution in [2.24, 2.45) is 0 Å². The minimum Gasteiger partial charge on any atom is -0.497 e. The van der Waals surface area contributed by atoms with Crippen molar-refractivity contribution >= 4 is 11.6 Å². The largest absolute Gasteiger partial charge is 0.497 e. The molecule has 0 saturated carbocycles. The fraction of sp³-hybridized carbons (Fsp3) is 0.261. The third-order valence-electron chi connectivity index (χ3n) is 5.19. The predicted octanol–water partition coefficient (Wildman–Crippen LogP) is 4.56. The molecule has 0 aliphatic carbocycles. The fourth-order valence-corrected chi connectivity index (χ4v) is 3.75. The number of furan rings is 1. The first-order valence-electron chi connectivity index (χ1n) is 9.55. The maximum Gasteiger partial charge on any atom is 0.241 e. The number of hydrogen-bond donors (Lipinski definition) is 1. The van der Waals surface area contributed by atoms with Crippen LogP contribution in [-0.2, 0) is 11.3 Å².